The molecular formula is C12H16N2. The first-order valence-electron chi connectivity index (χ1n) is 5.11. The number of rotatable bonds is 3. The minimum Gasteiger partial charge on any atom is -0.361 e. The predicted octanol–water partition coefficient (Wildman–Crippen LogP) is 2.45. The number of aromatic nitrogens is 1. The van der Waals surface area contributed by atoms with E-state index in [1.54, 1.807) is 0 Å². The van der Waals surface area contributed by atoms with Gasteiger partial charge in [-0.05, 0) is 35.9 Å². The molecule has 1 heterocycles. The molecule has 14 heavy (non-hydrogen) atoms. The van der Waals surface area contributed by atoms with E-state index in [0.717, 1.165) is 12.8 Å². The van der Waals surface area contributed by atoms with E-state index in [9.17, 15) is 0 Å². The molecule has 0 aliphatic heterocycles. The number of aromatic amines is 1. The molecule has 0 bridgehead atoms. The van der Waals surface area contributed by atoms with Gasteiger partial charge < -0.3 is 10.7 Å². The topological polar surface area (TPSA) is 41.8 Å². The van der Waals surface area contributed by atoms with Gasteiger partial charge in [0, 0.05) is 17.8 Å². The molecule has 0 fully saturated rings. The lowest BCUT2D eigenvalue weighted by atomic mass is 10.0. The van der Waals surface area contributed by atoms with Crippen molar-refractivity contribution in [1.29, 1.82) is 0 Å². The van der Waals surface area contributed by atoms with E-state index in [-0.39, 0.29) is 6.04 Å². The first-order chi connectivity index (χ1) is 6.79. The monoisotopic (exact) mass is 188 g/mol. The van der Waals surface area contributed by atoms with Gasteiger partial charge >= 0.3 is 0 Å². The molecule has 3 N–H and O–H groups in total. The average molecular weight is 188 g/mol. The van der Waals surface area contributed by atoms with Gasteiger partial charge in [0.2, 0.25) is 0 Å². The Labute approximate surface area is 84.1 Å². The van der Waals surface area contributed by atoms with Crippen LogP contribution in [0.2, 0.25) is 0 Å². The summed E-state index contributed by atoms with van der Waals surface area (Å²) in [5, 5.41) is 1.26. The summed E-state index contributed by atoms with van der Waals surface area (Å²) in [5.41, 5.74) is 8.43. The molecule has 0 unspecified atom stereocenters. The molecule has 2 nitrogen and oxygen atoms in total. The lowest BCUT2D eigenvalue weighted by Gasteiger charge is -2.08. The summed E-state index contributed by atoms with van der Waals surface area (Å²) in [5.74, 6) is 0. The third kappa shape index (κ3) is 1.80. The highest BCUT2D eigenvalue weighted by atomic mass is 14.7. The second kappa shape index (κ2) is 3.84. The molecular weight excluding hydrogens is 172 g/mol. The minimum atomic E-state index is 0.280. The maximum absolute atomic E-state index is 5.91. The Hall–Kier alpha value is -1.28. The van der Waals surface area contributed by atoms with Crippen LogP contribution in [0.1, 0.15) is 18.9 Å². The fourth-order valence-electron chi connectivity index (χ4n) is 1.67. The van der Waals surface area contributed by atoms with Crippen molar-refractivity contribution in [2.75, 3.05) is 0 Å². The zero-order chi connectivity index (χ0) is 9.97. The second-order valence-corrected chi connectivity index (χ2v) is 3.77. The van der Waals surface area contributed by atoms with E-state index in [1.807, 2.05) is 6.20 Å². The zero-order valence-corrected chi connectivity index (χ0v) is 8.46. The highest BCUT2D eigenvalue weighted by molar-refractivity contribution is 5.79. The number of hydrogen-bond donors (Lipinski definition) is 2. The number of nitrogens with two attached hydrogens (primary N) is 1. The Morgan fingerprint density at radius 2 is 2.21 bits per heavy atom. The van der Waals surface area contributed by atoms with Crippen LogP contribution in [0.5, 0.6) is 0 Å². The van der Waals surface area contributed by atoms with Gasteiger partial charge in [0.05, 0.1) is 0 Å². The molecule has 2 aromatic rings. The molecule has 0 aliphatic carbocycles. The van der Waals surface area contributed by atoms with Gasteiger partial charge in [-0.15, -0.1) is 0 Å². The highest BCUT2D eigenvalue weighted by Gasteiger charge is 2.02. The van der Waals surface area contributed by atoms with Crippen LogP contribution in [-0.2, 0) is 6.42 Å². The summed E-state index contributed by atoms with van der Waals surface area (Å²) >= 11 is 0. The van der Waals surface area contributed by atoms with E-state index in [1.165, 1.54) is 16.5 Å². The Kier molecular flexibility index (Phi) is 2.55. The van der Waals surface area contributed by atoms with E-state index in [0.29, 0.717) is 0 Å². The van der Waals surface area contributed by atoms with Crippen molar-refractivity contribution >= 4 is 10.9 Å². The van der Waals surface area contributed by atoms with Crippen LogP contribution in [0.25, 0.3) is 10.9 Å². The lowest BCUT2D eigenvalue weighted by Crippen LogP contribution is -2.21. The van der Waals surface area contributed by atoms with Crippen LogP contribution in [0, 0.1) is 0 Å². The first-order valence-corrected chi connectivity index (χ1v) is 5.11. The lowest BCUT2D eigenvalue weighted by molar-refractivity contribution is 0.647. The number of benzene rings is 1. The smallest absolute Gasteiger partial charge is 0.0456 e. The van der Waals surface area contributed by atoms with E-state index in [4.69, 9.17) is 5.73 Å². The maximum atomic E-state index is 5.91. The Morgan fingerprint density at radius 1 is 1.36 bits per heavy atom. The summed E-state index contributed by atoms with van der Waals surface area (Å²) in [7, 11) is 0. The molecule has 2 heteroatoms. The minimum absolute atomic E-state index is 0.280. The SMILES string of the molecule is CC[C@@H](N)Cc1ccc2cc[nH]c2c1. The third-order valence-electron chi connectivity index (χ3n) is 2.64. The van der Waals surface area contributed by atoms with Gasteiger partial charge in [-0.3, -0.25) is 0 Å². The van der Waals surface area contributed by atoms with Crippen LogP contribution in [0.4, 0.5) is 0 Å². The molecule has 0 aliphatic rings. The third-order valence-corrected chi connectivity index (χ3v) is 2.64. The van der Waals surface area contributed by atoms with Gasteiger partial charge in [0.1, 0.15) is 0 Å². The Balaban J connectivity index is 2.25. The summed E-state index contributed by atoms with van der Waals surface area (Å²) in [6.07, 6.45) is 3.96. The number of nitrogens with one attached hydrogen (secondary N) is 1. The summed E-state index contributed by atoms with van der Waals surface area (Å²) < 4.78 is 0. The quantitative estimate of drug-likeness (QED) is 0.763. The standard InChI is InChI=1S/C12H16N2/c1-2-11(13)7-9-3-4-10-5-6-14-12(10)8-9/h3-6,8,11,14H,2,7,13H2,1H3/t11-/m1/s1. The van der Waals surface area contributed by atoms with Crippen molar-refractivity contribution in [3.8, 4) is 0 Å². The van der Waals surface area contributed by atoms with Gasteiger partial charge in [0.25, 0.3) is 0 Å². The van der Waals surface area contributed by atoms with Crippen LogP contribution in [0.3, 0.4) is 0 Å². The van der Waals surface area contributed by atoms with Crippen LogP contribution in [0.15, 0.2) is 30.5 Å². The highest BCUT2D eigenvalue weighted by Crippen LogP contribution is 2.15. The second-order valence-electron chi connectivity index (χ2n) is 3.77. The molecule has 2 rings (SSSR count). The Morgan fingerprint density at radius 3 is 3.00 bits per heavy atom. The van der Waals surface area contributed by atoms with Crippen molar-refractivity contribution in [1.82, 2.24) is 4.98 Å². The molecule has 74 valence electrons. The van der Waals surface area contributed by atoms with Gasteiger partial charge in [-0.2, -0.15) is 0 Å². The molecule has 0 amide bonds. The number of hydrogen-bond acceptors (Lipinski definition) is 1. The molecule has 0 saturated carbocycles. The molecule has 1 aromatic carbocycles. The fraction of sp³-hybridized carbons (Fsp3) is 0.333. The van der Waals surface area contributed by atoms with E-state index < -0.39 is 0 Å². The largest absolute Gasteiger partial charge is 0.361 e. The molecule has 1 aromatic heterocycles. The van der Waals surface area contributed by atoms with Gasteiger partial charge in [0.15, 0.2) is 0 Å². The molecule has 0 spiro atoms. The molecule has 0 radical (unpaired) electrons. The van der Waals surface area contributed by atoms with Crippen molar-refractivity contribution in [2.45, 2.75) is 25.8 Å². The van der Waals surface area contributed by atoms with Crippen molar-refractivity contribution in [3.05, 3.63) is 36.0 Å². The predicted molar refractivity (Wildman–Crippen MR) is 60.3 cm³/mol. The van der Waals surface area contributed by atoms with E-state index >= 15 is 0 Å². The van der Waals surface area contributed by atoms with Crippen LogP contribution in [-0.4, -0.2) is 11.0 Å². The number of H-pyrrole nitrogens is 1. The average Bonchev–Trinajstić information content (AvgIpc) is 2.64. The summed E-state index contributed by atoms with van der Waals surface area (Å²) in [6.45, 7) is 2.12. The first kappa shape index (κ1) is 9.28. The van der Waals surface area contributed by atoms with Crippen molar-refractivity contribution in [3.63, 3.8) is 0 Å². The molecule has 0 saturated heterocycles. The summed E-state index contributed by atoms with van der Waals surface area (Å²) in [4.78, 5) is 3.21. The van der Waals surface area contributed by atoms with E-state index in [2.05, 4.69) is 36.2 Å². The summed E-state index contributed by atoms with van der Waals surface area (Å²) in [6, 6.07) is 8.85. The van der Waals surface area contributed by atoms with Crippen molar-refractivity contribution < 1.29 is 0 Å². The van der Waals surface area contributed by atoms with Crippen molar-refractivity contribution in [2.24, 2.45) is 5.73 Å². The Bertz CT molecular complexity index is 417. The normalized spacial score (nSPS) is 13.3. The van der Waals surface area contributed by atoms with Crippen LogP contribution >= 0.6 is 0 Å². The zero-order valence-electron chi connectivity index (χ0n) is 8.46. The number of fused-ring (bicyclic) bond motifs is 1. The fourth-order valence-corrected chi connectivity index (χ4v) is 1.67. The molecule has 1 atom stereocenters. The maximum Gasteiger partial charge on any atom is 0.0456 e. The van der Waals surface area contributed by atoms with Crippen LogP contribution < -0.4 is 5.73 Å². The van der Waals surface area contributed by atoms with Gasteiger partial charge in [-0.25, -0.2) is 0 Å². The van der Waals surface area contributed by atoms with Gasteiger partial charge in [-0.1, -0.05) is 19.1 Å².